The van der Waals surface area contributed by atoms with Crippen LogP contribution in [0.5, 0.6) is 11.5 Å². The van der Waals surface area contributed by atoms with Gasteiger partial charge in [-0.15, -0.1) is 0 Å². The highest BCUT2D eigenvalue weighted by molar-refractivity contribution is 6.32. The maximum Gasteiger partial charge on any atom is 0.137 e. The Balaban J connectivity index is 2.57. The van der Waals surface area contributed by atoms with Crippen molar-refractivity contribution in [3.8, 4) is 11.5 Å². The highest BCUT2D eigenvalue weighted by Gasteiger charge is 2.21. The monoisotopic (exact) mass is 353 g/mol. The molecule has 0 bridgehead atoms. The Labute approximate surface area is 147 Å². The normalized spacial score (nSPS) is 12.3. The summed E-state index contributed by atoms with van der Waals surface area (Å²) in [5, 5.41) is 1.20. The van der Waals surface area contributed by atoms with Crippen LogP contribution in [0.4, 0.5) is 0 Å². The second kappa shape index (κ2) is 7.43. The van der Waals surface area contributed by atoms with E-state index in [1.807, 2.05) is 51.4 Å². The Kier molecular flexibility index (Phi) is 5.79. The molecule has 0 amide bonds. The van der Waals surface area contributed by atoms with Crippen molar-refractivity contribution in [3.05, 3.63) is 57.1 Å². The van der Waals surface area contributed by atoms with Gasteiger partial charge in [-0.05, 0) is 62.0 Å². The third-order valence-electron chi connectivity index (χ3n) is 3.84. The van der Waals surface area contributed by atoms with Gasteiger partial charge in [0.1, 0.15) is 11.5 Å². The summed E-state index contributed by atoms with van der Waals surface area (Å²) in [5.74, 6) is 1.33. The molecule has 2 aromatic rings. The quantitative estimate of drug-likeness (QED) is 0.757. The van der Waals surface area contributed by atoms with Gasteiger partial charge in [0.05, 0.1) is 30.3 Å². The Morgan fingerprint density at radius 1 is 0.913 bits per heavy atom. The molecule has 5 heteroatoms. The van der Waals surface area contributed by atoms with Crippen LogP contribution in [0.15, 0.2) is 30.3 Å². The summed E-state index contributed by atoms with van der Waals surface area (Å²) in [7, 11) is 7.29. The van der Waals surface area contributed by atoms with E-state index >= 15 is 0 Å². The average Bonchev–Trinajstić information content (AvgIpc) is 2.49. The van der Waals surface area contributed by atoms with E-state index in [1.54, 1.807) is 14.2 Å². The average molecular weight is 354 g/mol. The van der Waals surface area contributed by atoms with Gasteiger partial charge in [0.25, 0.3) is 0 Å². The van der Waals surface area contributed by atoms with Crippen LogP contribution in [0.3, 0.4) is 0 Å². The van der Waals surface area contributed by atoms with Crippen LogP contribution < -0.4 is 9.47 Å². The fourth-order valence-corrected chi connectivity index (χ4v) is 3.29. The first-order valence-electron chi connectivity index (χ1n) is 7.23. The van der Waals surface area contributed by atoms with Gasteiger partial charge in [0, 0.05) is 0 Å². The maximum absolute atomic E-state index is 6.30. The molecule has 0 aliphatic heterocycles. The molecule has 0 aliphatic rings. The molecule has 1 atom stereocenters. The van der Waals surface area contributed by atoms with Crippen LogP contribution in [0.1, 0.15) is 22.7 Å². The number of hydrogen-bond acceptors (Lipinski definition) is 3. The molecule has 0 radical (unpaired) electrons. The standard InChI is InChI=1S/C18H21Cl2NO2/c1-11-8-14(19)17(23-5)10-13(11)18(21(2)3)12-6-7-16(22-4)15(20)9-12/h6-10,18H,1-5H3/t18-/m0/s1. The lowest BCUT2D eigenvalue weighted by Crippen LogP contribution is -2.22. The molecule has 124 valence electrons. The van der Waals surface area contributed by atoms with E-state index in [4.69, 9.17) is 32.7 Å². The number of halogens is 2. The number of aryl methyl sites for hydroxylation is 1. The predicted molar refractivity (Wildman–Crippen MR) is 96.3 cm³/mol. The SMILES string of the molecule is COc1ccc([C@@H](c2cc(OC)c(Cl)cc2C)N(C)C)cc1Cl. The van der Waals surface area contributed by atoms with Gasteiger partial charge >= 0.3 is 0 Å². The molecular formula is C18H21Cl2NO2. The van der Waals surface area contributed by atoms with Crippen molar-refractivity contribution in [2.45, 2.75) is 13.0 Å². The van der Waals surface area contributed by atoms with Gasteiger partial charge in [-0.3, -0.25) is 4.90 Å². The predicted octanol–water partition coefficient (Wildman–Crippen LogP) is 4.97. The molecule has 0 aromatic heterocycles. The summed E-state index contributed by atoms with van der Waals surface area (Å²) >= 11 is 12.5. The van der Waals surface area contributed by atoms with Gasteiger partial charge in [-0.1, -0.05) is 29.3 Å². The maximum atomic E-state index is 6.30. The molecule has 0 spiro atoms. The smallest absolute Gasteiger partial charge is 0.137 e. The van der Waals surface area contributed by atoms with Crippen molar-refractivity contribution < 1.29 is 9.47 Å². The largest absolute Gasteiger partial charge is 0.495 e. The first-order valence-corrected chi connectivity index (χ1v) is 7.98. The Hall–Kier alpha value is -1.42. The van der Waals surface area contributed by atoms with Crippen molar-refractivity contribution >= 4 is 23.2 Å². The van der Waals surface area contributed by atoms with Gasteiger partial charge < -0.3 is 9.47 Å². The summed E-state index contributed by atoms with van der Waals surface area (Å²) < 4.78 is 10.6. The molecule has 0 saturated carbocycles. The fourth-order valence-electron chi connectivity index (χ4n) is 2.73. The molecule has 2 rings (SSSR count). The van der Waals surface area contributed by atoms with Crippen molar-refractivity contribution in [2.24, 2.45) is 0 Å². The first kappa shape index (κ1) is 17.9. The third kappa shape index (κ3) is 3.74. The molecule has 0 fully saturated rings. The van der Waals surface area contributed by atoms with E-state index in [1.165, 1.54) is 0 Å². The minimum Gasteiger partial charge on any atom is -0.495 e. The number of methoxy groups -OCH3 is 2. The van der Waals surface area contributed by atoms with Crippen molar-refractivity contribution in [1.82, 2.24) is 4.90 Å². The van der Waals surface area contributed by atoms with Gasteiger partial charge in [0.2, 0.25) is 0 Å². The number of nitrogens with zero attached hydrogens (tertiary/aromatic N) is 1. The van der Waals surface area contributed by atoms with Crippen LogP contribution in [-0.2, 0) is 0 Å². The highest BCUT2D eigenvalue weighted by atomic mass is 35.5. The van der Waals surface area contributed by atoms with Gasteiger partial charge in [-0.2, -0.15) is 0 Å². The van der Waals surface area contributed by atoms with E-state index < -0.39 is 0 Å². The minimum atomic E-state index is 0.0320. The number of ether oxygens (including phenoxy) is 2. The van der Waals surface area contributed by atoms with Crippen LogP contribution in [0, 0.1) is 6.92 Å². The summed E-state index contributed by atoms with van der Waals surface area (Å²) in [6.45, 7) is 2.04. The Bertz CT molecular complexity index is 702. The zero-order valence-electron chi connectivity index (χ0n) is 14.0. The molecule has 0 aliphatic carbocycles. The Morgan fingerprint density at radius 2 is 1.52 bits per heavy atom. The zero-order valence-corrected chi connectivity index (χ0v) is 15.5. The molecule has 2 aromatic carbocycles. The summed E-state index contributed by atoms with van der Waals surface area (Å²) in [6.07, 6.45) is 0. The summed E-state index contributed by atoms with van der Waals surface area (Å²) in [4.78, 5) is 2.13. The molecule has 0 N–H and O–H groups in total. The fraction of sp³-hybridized carbons (Fsp3) is 0.333. The first-order chi connectivity index (χ1) is 10.9. The lowest BCUT2D eigenvalue weighted by molar-refractivity contribution is 0.339. The van der Waals surface area contributed by atoms with Crippen LogP contribution in [-0.4, -0.2) is 33.2 Å². The number of benzene rings is 2. The lowest BCUT2D eigenvalue weighted by Gasteiger charge is -2.28. The van der Waals surface area contributed by atoms with Crippen molar-refractivity contribution in [1.29, 1.82) is 0 Å². The molecule has 0 saturated heterocycles. The lowest BCUT2D eigenvalue weighted by atomic mass is 9.93. The van der Waals surface area contributed by atoms with Gasteiger partial charge in [0.15, 0.2) is 0 Å². The van der Waals surface area contributed by atoms with E-state index in [9.17, 15) is 0 Å². The highest BCUT2D eigenvalue weighted by Crippen LogP contribution is 2.37. The van der Waals surface area contributed by atoms with Crippen molar-refractivity contribution in [2.75, 3.05) is 28.3 Å². The van der Waals surface area contributed by atoms with E-state index in [-0.39, 0.29) is 6.04 Å². The van der Waals surface area contributed by atoms with Crippen LogP contribution >= 0.6 is 23.2 Å². The molecule has 0 unspecified atom stereocenters. The van der Waals surface area contributed by atoms with Crippen molar-refractivity contribution in [3.63, 3.8) is 0 Å². The Morgan fingerprint density at radius 3 is 2.04 bits per heavy atom. The summed E-state index contributed by atoms with van der Waals surface area (Å²) in [6, 6.07) is 9.79. The van der Waals surface area contributed by atoms with Crippen LogP contribution in [0.2, 0.25) is 10.0 Å². The van der Waals surface area contributed by atoms with E-state index in [0.29, 0.717) is 21.5 Å². The number of rotatable bonds is 5. The molecular weight excluding hydrogens is 333 g/mol. The third-order valence-corrected chi connectivity index (χ3v) is 4.43. The van der Waals surface area contributed by atoms with Gasteiger partial charge in [-0.25, -0.2) is 0 Å². The topological polar surface area (TPSA) is 21.7 Å². The van der Waals surface area contributed by atoms with E-state index in [0.717, 1.165) is 16.7 Å². The molecule has 0 heterocycles. The summed E-state index contributed by atoms with van der Waals surface area (Å²) in [5.41, 5.74) is 3.30. The second-order valence-electron chi connectivity index (χ2n) is 5.60. The molecule has 23 heavy (non-hydrogen) atoms. The van der Waals surface area contributed by atoms with Crippen LogP contribution in [0.25, 0.3) is 0 Å². The second-order valence-corrected chi connectivity index (χ2v) is 6.42. The number of hydrogen-bond donors (Lipinski definition) is 0. The molecule has 3 nitrogen and oxygen atoms in total. The minimum absolute atomic E-state index is 0.0320. The van der Waals surface area contributed by atoms with E-state index in [2.05, 4.69) is 4.90 Å². The zero-order chi connectivity index (χ0) is 17.1.